The predicted octanol–water partition coefficient (Wildman–Crippen LogP) is 5.03. The van der Waals surface area contributed by atoms with Crippen molar-refractivity contribution in [1.29, 1.82) is 0 Å². The third kappa shape index (κ3) is 4.16. The smallest absolute Gasteiger partial charge is 0.240 e. The highest BCUT2D eigenvalue weighted by Gasteiger charge is 2.63. The molecule has 3 aliphatic heterocycles. The molecule has 6 rings (SSSR count). The zero-order chi connectivity index (χ0) is 28.1. The van der Waals surface area contributed by atoms with Crippen LogP contribution in [0.4, 0.5) is 5.69 Å². The van der Waals surface area contributed by atoms with Crippen LogP contribution in [-0.4, -0.2) is 46.1 Å². The molecule has 2 saturated heterocycles. The van der Waals surface area contributed by atoms with Gasteiger partial charge in [0, 0.05) is 32.9 Å². The van der Waals surface area contributed by atoms with Crippen molar-refractivity contribution in [3.05, 3.63) is 124 Å². The average Bonchev–Trinajstić information content (AvgIpc) is 3.44. The normalized spacial score (nSPS) is 23.1. The number of halogens is 1. The van der Waals surface area contributed by atoms with Gasteiger partial charge in [-0.15, -0.1) is 0 Å². The lowest BCUT2D eigenvalue weighted by Crippen LogP contribution is -2.46. The van der Waals surface area contributed by atoms with Crippen LogP contribution in [0.3, 0.4) is 0 Å². The lowest BCUT2D eigenvalue weighted by Gasteiger charge is -2.32. The molecule has 7 nitrogen and oxygen atoms in total. The molecule has 8 heteroatoms. The van der Waals surface area contributed by atoms with E-state index < -0.39 is 35.7 Å². The molecule has 0 spiro atoms. The quantitative estimate of drug-likeness (QED) is 0.293. The lowest BCUT2D eigenvalue weighted by atomic mass is 9.85. The number of allylic oxidation sites excluding steroid dienone is 2. The maximum absolute atomic E-state index is 13.9. The van der Waals surface area contributed by atoms with Crippen LogP contribution in [0.5, 0.6) is 0 Å². The second-order valence-corrected chi connectivity index (χ2v) is 11.0. The van der Waals surface area contributed by atoms with Crippen LogP contribution >= 0.6 is 15.9 Å². The van der Waals surface area contributed by atoms with Crippen molar-refractivity contribution < 1.29 is 24.0 Å². The highest BCUT2D eigenvalue weighted by molar-refractivity contribution is 9.10. The van der Waals surface area contributed by atoms with E-state index in [1.807, 2.05) is 6.07 Å². The predicted molar refractivity (Wildman–Crippen MR) is 152 cm³/mol. The number of hydrogen-bond acceptors (Lipinski definition) is 6. The van der Waals surface area contributed by atoms with Gasteiger partial charge in [0.2, 0.25) is 11.8 Å². The van der Waals surface area contributed by atoms with Gasteiger partial charge in [-0.2, -0.15) is 0 Å². The number of Topliss-reactive ketones (excluding diaryl/α,β-unsaturated/α-hetero) is 3. The Bertz CT molecular complexity index is 1630. The lowest BCUT2D eigenvalue weighted by molar-refractivity contribution is -0.123. The average molecular weight is 595 g/mol. The van der Waals surface area contributed by atoms with Gasteiger partial charge in [0.05, 0.1) is 23.6 Å². The number of ketones is 3. The first-order chi connectivity index (χ1) is 19.3. The van der Waals surface area contributed by atoms with Crippen molar-refractivity contribution >= 4 is 50.8 Å². The molecule has 3 heterocycles. The Morgan fingerprint density at radius 3 is 2.02 bits per heavy atom. The number of imide groups is 1. The second kappa shape index (κ2) is 9.95. The minimum absolute atomic E-state index is 0.131. The highest BCUT2D eigenvalue weighted by atomic mass is 79.9. The van der Waals surface area contributed by atoms with Crippen LogP contribution in [0, 0.1) is 11.8 Å². The monoisotopic (exact) mass is 594 g/mol. The van der Waals surface area contributed by atoms with Crippen molar-refractivity contribution in [2.24, 2.45) is 11.8 Å². The van der Waals surface area contributed by atoms with E-state index in [9.17, 15) is 24.0 Å². The maximum Gasteiger partial charge on any atom is 0.240 e. The topological polar surface area (TPSA) is 91.8 Å². The molecule has 198 valence electrons. The number of carbonyl (C=O) groups is 5. The summed E-state index contributed by atoms with van der Waals surface area (Å²) in [7, 11) is 0. The molecule has 2 amide bonds. The van der Waals surface area contributed by atoms with Gasteiger partial charge < -0.3 is 4.90 Å². The van der Waals surface area contributed by atoms with E-state index in [0.29, 0.717) is 28.0 Å². The molecule has 3 aromatic rings. The Labute approximate surface area is 238 Å². The Morgan fingerprint density at radius 2 is 1.38 bits per heavy atom. The van der Waals surface area contributed by atoms with Crippen molar-refractivity contribution in [2.45, 2.75) is 19.0 Å². The molecule has 3 aliphatic rings. The van der Waals surface area contributed by atoms with Crippen LogP contribution in [0.15, 0.2) is 107 Å². The molecule has 0 unspecified atom stereocenters. The van der Waals surface area contributed by atoms with E-state index in [2.05, 4.69) is 15.9 Å². The summed E-state index contributed by atoms with van der Waals surface area (Å²) in [5.41, 5.74) is 2.12. The van der Waals surface area contributed by atoms with Gasteiger partial charge in [-0.3, -0.25) is 24.0 Å². The van der Waals surface area contributed by atoms with Gasteiger partial charge >= 0.3 is 0 Å². The van der Waals surface area contributed by atoms with Crippen molar-refractivity contribution in [3.63, 3.8) is 0 Å². The SMILES string of the molecule is CC(=O)c1ccc(N2C(=O)[C@@H]3[C@H](C2=O)[C@@H](C(=O)c2ccc(Br)cc2)N2C=CC(C(=O)c4ccccc4)=C[C@H]32)cc1. The Balaban J connectivity index is 1.42. The summed E-state index contributed by atoms with van der Waals surface area (Å²) in [4.78, 5) is 69.6. The Kier molecular flexibility index (Phi) is 6.43. The summed E-state index contributed by atoms with van der Waals surface area (Å²) in [6, 6.07) is 20.4. The van der Waals surface area contributed by atoms with E-state index in [0.717, 1.165) is 9.37 Å². The third-order valence-electron chi connectivity index (χ3n) is 7.78. The standard InChI is InChI=1S/C32H23BrN2O5/c1-18(36)19-9-13-24(14-10-19)35-31(39)26-25-17-22(29(37)20-5-3-2-4-6-20)15-16-34(25)28(27(26)32(35)40)30(38)21-7-11-23(33)12-8-21/h2-17,25-28H,1H3/t25-,26+,27+,28+/m1/s1. The second-order valence-electron chi connectivity index (χ2n) is 10.1. The van der Waals surface area contributed by atoms with Gasteiger partial charge in [0.15, 0.2) is 17.3 Å². The maximum atomic E-state index is 13.9. The highest BCUT2D eigenvalue weighted by Crippen LogP contribution is 2.47. The molecule has 0 radical (unpaired) electrons. The fraction of sp³-hybridized carbons (Fsp3) is 0.156. The number of rotatable bonds is 6. The summed E-state index contributed by atoms with van der Waals surface area (Å²) >= 11 is 3.38. The first-order valence-electron chi connectivity index (χ1n) is 12.8. The molecule has 0 aliphatic carbocycles. The van der Waals surface area contributed by atoms with E-state index in [1.54, 1.807) is 96.0 Å². The zero-order valence-electron chi connectivity index (χ0n) is 21.4. The van der Waals surface area contributed by atoms with E-state index in [1.165, 1.54) is 6.92 Å². The molecule has 4 atom stereocenters. The molecular formula is C32H23BrN2O5. The molecule has 3 aromatic carbocycles. The molecule has 2 fully saturated rings. The third-order valence-corrected chi connectivity index (χ3v) is 8.30. The molecular weight excluding hydrogens is 572 g/mol. The summed E-state index contributed by atoms with van der Waals surface area (Å²) in [5.74, 6) is -3.35. The van der Waals surface area contributed by atoms with Crippen LogP contribution in [0.1, 0.15) is 38.0 Å². The van der Waals surface area contributed by atoms with Crippen molar-refractivity contribution in [3.8, 4) is 0 Å². The van der Waals surface area contributed by atoms with Gasteiger partial charge in [0.25, 0.3) is 0 Å². The van der Waals surface area contributed by atoms with Gasteiger partial charge in [-0.1, -0.05) is 64.5 Å². The summed E-state index contributed by atoms with van der Waals surface area (Å²) in [6.07, 6.45) is 5.00. The summed E-state index contributed by atoms with van der Waals surface area (Å²) in [5, 5.41) is 0. The van der Waals surface area contributed by atoms with Crippen LogP contribution in [0.2, 0.25) is 0 Å². The van der Waals surface area contributed by atoms with Crippen molar-refractivity contribution in [1.82, 2.24) is 4.90 Å². The first-order valence-corrected chi connectivity index (χ1v) is 13.6. The van der Waals surface area contributed by atoms with Gasteiger partial charge in [0.1, 0.15) is 6.04 Å². The number of amides is 2. The van der Waals surface area contributed by atoms with Crippen LogP contribution in [-0.2, 0) is 9.59 Å². The zero-order valence-corrected chi connectivity index (χ0v) is 22.9. The largest absolute Gasteiger partial charge is 0.359 e. The number of nitrogens with zero attached hydrogens (tertiary/aromatic N) is 2. The minimum atomic E-state index is -0.951. The Hall–Kier alpha value is -4.43. The number of hydrogen-bond donors (Lipinski definition) is 0. The van der Waals surface area contributed by atoms with Gasteiger partial charge in [-0.05, 0) is 49.4 Å². The van der Waals surface area contributed by atoms with E-state index in [4.69, 9.17) is 0 Å². The molecule has 40 heavy (non-hydrogen) atoms. The minimum Gasteiger partial charge on any atom is -0.359 e. The number of carbonyl (C=O) groups excluding carboxylic acids is 5. The molecule has 0 saturated carbocycles. The van der Waals surface area contributed by atoms with Crippen LogP contribution in [0.25, 0.3) is 0 Å². The number of fused-ring (bicyclic) bond motifs is 3. The molecule has 0 bridgehead atoms. The summed E-state index contributed by atoms with van der Waals surface area (Å²) in [6.45, 7) is 1.44. The first kappa shape index (κ1) is 25.8. The summed E-state index contributed by atoms with van der Waals surface area (Å²) < 4.78 is 0.809. The molecule has 0 N–H and O–H groups in total. The van der Waals surface area contributed by atoms with E-state index >= 15 is 0 Å². The molecule has 0 aromatic heterocycles. The fourth-order valence-corrected chi connectivity index (χ4v) is 6.10. The fourth-order valence-electron chi connectivity index (χ4n) is 5.84. The Morgan fingerprint density at radius 1 is 0.750 bits per heavy atom. The number of benzene rings is 3. The van der Waals surface area contributed by atoms with Crippen molar-refractivity contribution in [2.75, 3.05) is 4.90 Å². The van der Waals surface area contributed by atoms with E-state index in [-0.39, 0.29) is 17.3 Å². The number of anilines is 1. The van der Waals surface area contributed by atoms with Gasteiger partial charge in [-0.25, -0.2) is 4.90 Å². The van der Waals surface area contributed by atoms with Crippen LogP contribution < -0.4 is 4.90 Å².